The Morgan fingerprint density at radius 3 is 0.847 bits per heavy atom. The van der Waals surface area contributed by atoms with E-state index in [0.29, 0.717) is 25.7 Å². The lowest BCUT2D eigenvalue weighted by molar-refractivity contribution is -0.138. The third kappa shape index (κ3) is 82.2. The number of amides is 2. The highest BCUT2D eigenvalue weighted by atomic mass is 16.4. The smallest absolute Gasteiger partial charge is 0.303 e. The van der Waals surface area contributed by atoms with E-state index >= 15 is 0 Å². The van der Waals surface area contributed by atoms with Crippen molar-refractivity contribution in [3.8, 4) is 0 Å². The molecule has 0 bridgehead atoms. The highest BCUT2D eigenvalue weighted by Gasteiger charge is 2.22. The molecule has 4 atom stereocenters. The van der Waals surface area contributed by atoms with Gasteiger partial charge in [0.25, 0.3) is 0 Å². The summed E-state index contributed by atoms with van der Waals surface area (Å²) < 4.78 is 0. The number of nitrogens with one attached hydrogen (secondary N) is 2. The third-order valence-electron chi connectivity index (χ3n) is 20.1. The quantitative estimate of drug-likeness (QED) is 0.0292. The van der Waals surface area contributed by atoms with Crippen LogP contribution in [0.5, 0.6) is 0 Å². The molecule has 0 aliphatic rings. The number of nitrogens with zero attached hydrogens (tertiary/aromatic N) is 3. The molecule has 12 nitrogen and oxygen atoms in total. The van der Waals surface area contributed by atoms with E-state index < -0.39 is 11.9 Å². The van der Waals surface area contributed by atoms with Crippen molar-refractivity contribution in [3.63, 3.8) is 0 Å². The second kappa shape index (κ2) is 81.5. The van der Waals surface area contributed by atoms with Gasteiger partial charge in [-0.05, 0) is 175 Å². The van der Waals surface area contributed by atoms with E-state index in [1.807, 2.05) is 14.1 Å². The van der Waals surface area contributed by atoms with Crippen LogP contribution in [0.25, 0.3) is 0 Å². The molecular weight excluding hydrogens is 1210 g/mol. The van der Waals surface area contributed by atoms with Gasteiger partial charge in [-0.25, -0.2) is 0 Å². The number of aliphatic carboxylic acids is 2. The maximum Gasteiger partial charge on any atom is 0.303 e. The number of carboxylic acids is 2. The van der Waals surface area contributed by atoms with Crippen LogP contribution in [0.1, 0.15) is 400 Å². The predicted octanol–water partition coefficient (Wildman–Crippen LogP) is 23.3. The van der Waals surface area contributed by atoms with Crippen LogP contribution in [0.3, 0.4) is 0 Å². The Morgan fingerprint density at radius 2 is 0.551 bits per heavy atom. The van der Waals surface area contributed by atoms with Gasteiger partial charge in [-0.3, -0.25) is 19.2 Å². The highest BCUT2D eigenvalue weighted by molar-refractivity contribution is 5.76. The average Bonchev–Trinajstić information content (AvgIpc) is 2.40. The van der Waals surface area contributed by atoms with Gasteiger partial charge >= 0.3 is 11.9 Å². The zero-order valence-corrected chi connectivity index (χ0v) is 67.3. The van der Waals surface area contributed by atoms with E-state index in [0.717, 1.165) is 114 Å². The van der Waals surface area contributed by atoms with Crippen molar-refractivity contribution >= 4 is 23.8 Å². The SMILES string of the molecule is CCCCC/C=C\CCC(CCCCCCCC(=O)NCCCN(C)C)C(CCCCCCCC)CCCCCCCCC(=O)NCCN(C)C.CCCCC/C=C\CCC(CCCCCCCC(=O)O)C(CCCCCCCC)CCCCCCCCC(=O)O.CN(C)CCCN. The summed E-state index contributed by atoms with van der Waals surface area (Å²) in [6.07, 6.45) is 80.3. The van der Waals surface area contributed by atoms with Crippen LogP contribution in [0.2, 0.25) is 0 Å². The average molecular weight is 1390 g/mol. The molecule has 0 fully saturated rings. The molecule has 0 heterocycles. The monoisotopic (exact) mass is 1390 g/mol. The summed E-state index contributed by atoms with van der Waals surface area (Å²) in [6.45, 7) is 14.5. The number of nitrogens with two attached hydrogens (primary N) is 1. The fourth-order valence-electron chi connectivity index (χ4n) is 13.8. The Hall–Kier alpha value is -2.80. The molecule has 6 N–H and O–H groups in total. The van der Waals surface area contributed by atoms with E-state index in [4.69, 9.17) is 15.9 Å². The number of unbranched alkanes of at least 4 members (excludes halogenated alkanes) is 34. The molecule has 0 aliphatic heterocycles. The molecule has 0 saturated heterocycles. The minimum atomic E-state index is -0.667. The van der Waals surface area contributed by atoms with E-state index in [1.165, 1.54) is 295 Å². The van der Waals surface area contributed by atoms with Crippen LogP contribution in [0.4, 0.5) is 0 Å². The van der Waals surface area contributed by atoms with Gasteiger partial charge in [0.05, 0.1) is 0 Å². The molecule has 582 valence electrons. The first-order chi connectivity index (χ1) is 47.6. The van der Waals surface area contributed by atoms with Gasteiger partial charge < -0.3 is 41.3 Å². The summed E-state index contributed by atoms with van der Waals surface area (Å²) in [7, 11) is 12.3. The normalized spacial score (nSPS) is 12.9. The first kappa shape index (κ1) is 99.4. The van der Waals surface area contributed by atoms with Crippen molar-refractivity contribution in [2.75, 3.05) is 81.6 Å². The first-order valence-electron chi connectivity index (χ1n) is 42.5. The number of carbonyl (C=O) groups excluding carboxylic acids is 2. The topological polar surface area (TPSA) is 169 Å². The molecule has 12 heteroatoms. The van der Waals surface area contributed by atoms with E-state index in [-0.39, 0.29) is 11.8 Å². The second-order valence-corrected chi connectivity index (χ2v) is 30.6. The van der Waals surface area contributed by atoms with Gasteiger partial charge in [0.15, 0.2) is 0 Å². The summed E-state index contributed by atoms with van der Waals surface area (Å²) in [5.74, 6) is 2.47. The van der Waals surface area contributed by atoms with E-state index in [1.54, 1.807) is 0 Å². The molecule has 98 heavy (non-hydrogen) atoms. The number of rotatable bonds is 74. The largest absolute Gasteiger partial charge is 0.481 e. The molecule has 0 radical (unpaired) electrons. The van der Waals surface area contributed by atoms with Crippen LogP contribution in [0, 0.1) is 23.7 Å². The van der Waals surface area contributed by atoms with Gasteiger partial charge in [0.2, 0.25) is 11.8 Å². The zero-order chi connectivity index (χ0) is 72.8. The van der Waals surface area contributed by atoms with Crippen LogP contribution in [-0.4, -0.2) is 130 Å². The Labute approximate surface area is 610 Å². The molecule has 0 spiro atoms. The number of carbonyl (C=O) groups is 4. The van der Waals surface area contributed by atoms with Crippen molar-refractivity contribution in [2.24, 2.45) is 29.4 Å². The van der Waals surface area contributed by atoms with Gasteiger partial charge in [-0.1, -0.05) is 309 Å². The number of hydrogen-bond donors (Lipinski definition) is 5. The lowest BCUT2D eigenvalue weighted by atomic mass is 9.78. The van der Waals surface area contributed by atoms with Crippen molar-refractivity contribution in [2.45, 2.75) is 400 Å². The molecular formula is C86H172N6O6. The number of likely N-dealkylation sites (N-methyl/N-ethyl adjacent to an activating group) is 1. The number of allylic oxidation sites excluding steroid dienone is 4. The van der Waals surface area contributed by atoms with Gasteiger partial charge in [0.1, 0.15) is 0 Å². The lowest BCUT2D eigenvalue weighted by Gasteiger charge is -2.28. The van der Waals surface area contributed by atoms with Crippen LogP contribution in [0.15, 0.2) is 24.3 Å². The summed E-state index contributed by atoms with van der Waals surface area (Å²) in [5, 5.41) is 23.9. The molecule has 0 aliphatic carbocycles. The molecule has 4 unspecified atom stereocenters. The maximum absolute atomic E-state index is 12.2. The second-order valence-electron chi connectivity index (χ2n) is 30.6. The maximum atomic E-state index is 12.2. The molecule has 0 aromatic rings. The standard InChI is InChI=1S/C45H90N4O2.C36H68O4.C5H14N2/c1-7-9-11-13-15-20-26-33-43(35-28-22-18-24-30-36-44(50)46-38-31-40-48(3)4)42(32-25-19-14-12-10-8-2)34-27-21-16-17-23-29-37-45(51)47-39-41-49(5)6;1-3-5-7-9-11-16-22-28-34(30-24-18-14-20-26-32-36(39)40)33(27-21-15-10-8-6-4-2)29-23-17-12-13-19-25-31-35(37)38;1-7(2)5-3-4-6/h15,20,42-43H,7-14,16-19,21-41H2,1-6H3,(H,46,50)(H,47,51);11,16,33-34H,3-10,12-15,17-32H2,1-2H3,(H,37,38)(H,39,40);3-6H2,1-2H3/b20-15-;16-11-;. The minimum absolute atomic E-state index is 0.213. The van der Waals surface area contributed by atoms with E-state index in [9.17, 15) is 19.2 Å². The lowest BCUT2D eigenvalue weighted by Crippen LogP contribution is -2.31. The van der Waals surface area contributed by atoms with Crippen LogP contribution >= 0.6 is 0 Å². The minimum Gasteiger partial charge on any atom is -0.481 e. The summed E-state index contributed by atoms with van der Waals surface area (Å²) in [6, 6.07) is 0. The first-order valence-corrected chi connectivity index (χ1v) is 42.5. The van der Waals surface area contributed by atoms with Gasteiger partial charge in [0, 0.05) is 45.3 Å². The fraction of sp³-hybridized carbons (Fsp3) is 0.907. The molecule has 2 amide bonds. The molecule has 0 aromatic heterocycles. The van der Waals surface area contributed by atoms with Gasteiger partial charge in [-0.2, -0.15) is 0 Å². The van der Waals surface area contributed by atoms with Crippen molar-refractivity contribution in [1.82, 2.24) is 25.3 Å². The Kier molecular flexibility index (Phi) is 82.6. The number of carboxylic acid groups (broad SMARTS) is 2. The van der Waals surface area contributed by atoms with E-state index in [2.05, 4.69) is 106 Å². The van der Waals surface area contributed by atoms with Crippen molar-refractivity contribution < 1.29 is 29.4 Å². The summed E-state index contributed by atoms with van der Waals surface area (Å²) >= 11 is 0. The van der Waals surface area contributed by atoms with Crippen LogP contribution in [-0.2, 0) is 19.2 Å². The Balaban J connectivity index is -0.00000171. The Bertz CT molecular complexity index is 1710. The highest BCUT2D eigenvalue weighted by Crippen LogP contribution is 2.35. The van der Waals surface area contributed by atoms with Crippen molar-refractivity contribution in [3.05, 3.63) is 24.3 Å². The number of hydrogen-bond acceptors (Lipinski definition) is 8. The summed E-state index contributed by atoms with van der Waals surface area (Å²) in [5.41, 5.74) is 5.25. The molecule has 0 saturated carbocycles. The Morgan fingerprint density at radius 1 is 0.296 bits per heavy atom. The third-order valence-corrected chi connectivity index (χ3v) is 20.1. The predicted molar refractivity (Wildman–Crippen MR) is 429 cm³/mol. The fourth-order valence-corrected chi connectivity index (χ4v) is 13.8. The summed E-state index contributed by atoms with van der Waals surface area (Å²) in [4.78, 5) is 52.2. The molecule has 0 aromatic carbocycles. The van der Waals surface area contributed by atoms with Gasteiger partial charge in [-0.15, -0.1) is 0 Å². The van der Waals surface area contributed by atoms with Crippen molar-refractivity contribution in [1.29, 1.82) is 0 Å². The zero-order valence-electron chi connectivity index (χ0n) is 67.3. The molecule has 0 rings (SSSR count). The van der Waals surface area contributed by atoms with Crippen LogP contribution < -0.4 is 16.4 Å².